The normalized spacial score (nSPS) is 24.0. The van der Waals surface area contributed by atoms with Gasteiger partial charge in [0.25, 0.3) is 11.1 Å². The van der Waals surface area contributed by atoms with Gasteiger partial charge >= 0.3 is 0 Å². The predicted octanol–water partition coefficient (Wildman–Crippen LogP) is 2.43. The molecule has 2 aliphatic rings. The van der Waals surface area contributed by atoms with Crippen LogP contribution in [0.15, 0.2) is 17.2 Å². The summed E-state index contributed by atoms with van der Waals surface area (Å²) < 4.78 is 0. The second-order valence-electron chi connectivity index (χ2n) is 5.50. The van der Waals surface area contributed by atoms with Gasteiger partial charge in [0.2, 0.25) is 5.95 Å². The van der Waals surface area contributed by atoms with E-state index in [1.165, 1.54) is 12.8 Å². The number of aromatic nitrogens is 2. The Labute approximate surface area is 133 Å². The summed E-state index contributed by atoms with van der Waals surface area (Å²) in [7, 11) is 0. The summed E-state index contributed by atoms with van der Waals surface area (Å²) in [6.07, 6.45) is 6.91. The number of imide groups is 1. The van der Waals surface area contributed by atoms with Gasteiger partial charge in [0, 0.05) is 19.3 Å². The number of nitrogens with zero attached hydrogens (tertiary/aromatic N) is 3. The highest BCUT2D eigenvalue weighted by Crippen LogP contribution is 2.26. The van der Waals surface area contributed by atoms with Crippen molar-refractivity contribution < 1.29 is 9.59 Å². The van der Waals surface area contributed by atoms with Crippen molar-refractivity contribution in [1.29, 1.82) is 0 Å². The van der Waals surface area contributed by atoms with Crippen molar-refractivity contribution in [1.82, 2.24) is 15.3 Å². The molecule has 1 unspecified atom stereocenters. The van der Waals surface area contributed by atoms with Crippen molar-refractivity contribution in [3.63, 3.8) is 0 Å². The number of thioether (sulfide) groups is 1. The summed E-state index contributed by atoms with van der Waals surface area (Å²) in [4.78, 5) is 34.2. The molecule has 0 bridgehead atoms. The van der Waals surface area contributed by atoms with Crippen LogP contribution in [-0.4, -0.2) is 34.2 Å². The molecule has 1 atom stereocenters. The summed E-state index contributed by atoms with van der Waals surface area (Å²) in [5.41, 5.74) is 0.649. The molecule has 0 radical (unpaired) electrons. The molecule has 0 spiro atoms. The maximum atomic E-state index is 11.6. The van der Waals surface area contributed by atoms with E-state index in [0.29, 0.717) is 22.5 Å². The Bertz CT molecular complexity index is 632. The van der Waals surface area contributed by atoms with Gasteiger partial charge in [0.1, 0.15) is 0 Å². The summed E-state index contributed by atoms with van der Waals surface area (Å²) in [6.45, 7) is 4.15. The molecule has 22 heavy (non-hydrogen) atoms. The number of carbonyl (C=O) groups excluding carboxylic acids is 2. The topological polar surface area (TPSA) is 75.2 Å². The minimum absolute atomic E-state index is 0.340. The summed E-state index contributed by atoms with van der Waals surface area (Å²) in [6, 6.07) is 1.74. The first kappa shape index (κ1) is 15.0. The van der Waals surface area contributed by atoms with Crippen molar-refractivity contribution in [2.24, 2.45) is 5.92 Å². The molecule has 0 saturated carbocycles. The number of amides is 2. The lowest BCUT2D eigenvalue weighted by molar-refractivity contribution is -0.115. The van der Waals surface area contributed by atoms with Gasteiger partial charge in [-0.1, -0.05) is 13.3 Å². The van der Waals surface area contributed by atoms with E-state index >= 15 is 0 Å². The van der Waals surface area contributed by atoms with E-state index in [1.54, 1.807) is 18.3 Å². The fourth-order valence-corrected chi connectivity index (χ4v) is 3.40. The quantitative estimate of drug-likeness (QED) is 0.863. The number of hydrogen-bond donors (Lipinski definition) is 1. The van der Waals surface area contributed by atoms with E-state index < -0.39 is 0 Å². The minimum Gasteiger partial charge on any atom is -0.341 e. The first-order chi connectivity index (χ1) is 10.7. The highest BCUT2D eigenvalue weighted by molar-refractivity contribution is 8.18. The molecule has 0 aromatic carbocycles. The minimum atomic E-state index is -0.362. The molecular formula is C15H18N4O2S. The monoisotopic (exact) mass is 318 g/mol. The van der Waals surface area contributed by atoms with E-state index in [4.69, 9.17) is 0 Å². The van der Waals surface area contributed by atoms with Crippen LogP contribution in [0.25, 0.3) is 6.08 Å². The zero-order chi connectivity index (χ0) is 15.5. The van der Waals surface area contributed by atoms with Crippen LogP contribution < -0.4 is 10.2 Å². The van der Waals surface area contributed by atoms with Gasteiger partial charge in [-0.15, -0.1) is 0 Å². The molecule has 1 aromatic heterocycles. The second kappa shape index (κ2) is 6.48. The fraction of sp³-hybridized carbons (Fsp3) is 0.467. The average Bonchev–Trinajstić information content (AvgIpc) is 2.85. The standard InChI is InChI=1S/C15H18N4O2S/c1-2-10-4-3-7-19(9-10)14-16-6-5-11(17-14)8-12-13(20)18-15(21)22-12/h5-6,8,10H,2-4,7,9H2,1H3,(H,18,20,21)/b12-8-. The molecule has 7 heteroatoms. The van der Waals surface area contributed by atoms with Gasteiger partial charge in [-0.05, 0) is 42.7 Å². The third kappa shape index (κ3) is 3.30. The van der Waals surface area contributed by atoms with E-state index in [2.05, 4.69) is 27.1 Å². The Morgan fingerprint density at radius 2 is 2.36 bits per heavy atom. The van der Waals surface area contributed by atoms with E-state index in [1.807, 2.05) is 0 Å². The van der Waals surface area contributed by atoms with Crippen LogP contribution in [0.3, 0.4) is 0 Å². The molecule has 6 nitrogen and oxygen atoms in total. The number of anilines is 1. The third-order valence-electron chi connectivity index (χ3n) is 3.96. The van der Waals surface area contributed by atoms with Gasteiger partial charge < -0.3 is 4.90 Å². The third-order valence-corrected chi connectivity index (χ3v) is 4.78. The lowest BCUT2D eigenvalue weighted by Gasteiger charge is -2.32. The highest BCUT2D eigenvalue weighted by atomic mass is 32.2. The Morgan fingerprint density at radius 1 is 1.50 bits per heavy atom. The zero-order valence-corrected chi connectivity index (χ0v) is 13.2. The molecule has 2 saturated heterocycles. The molecule has 2 fully saturated rings. The van der Waals surface area contributed by atoms with Crippen molar-refractivity contribution in [3.8, 4) is 0 Å². The summed E-state index contributed by atoms with van der Waals surface area (Å²) in [5, 5.41) is 1.90. The lowest BCUT2D eigenvalue weighted by atomic mass is 9.96. The molecule has 3 heterocycles. The van der Waals surface area contributed by atoms with Crippen molar-refractivity contribution in [2.75, 3.05) is 18.0 Å². The van der Waals surface area contributed by atoms with E-state index in [0.717, 1.165) is 31.3 Å². The average molecular weight is 318 g/mol. The van der Waals surface area contributed by atoms with Crippen LogP contribution in [-0.2, 0) is 4.79 Å². The van der Waals surface area contributed by atoms with Gasteiger partial charge in [0.05, 0.1) is 10.6 Å². The largest absolute Gasteiger partial charge is 0.341 e. The van der Waals surface area contributed by atoms with Crippen LogP contribution in [0.4, 0.5) is 10.7 Å². The molecular weight excluding hydrogens is 300 g/mol. The van der Waals surface area contributed by atoms with Crippen LogP contribution in [0.5, 0.6) is 0 Å². The zero-order valence-electron chi connectivity index (χ0n) is 12.4. The molecule has 2 amide bonds. The Kier molecular flexibility index (Phi) is 4.42. The predicted molar refractivity (Wildman–Crippen MR) is 86.4 cm³/mol. The van der Waals surface area contributed by atoms with Gasteiger partial charge in [-0.2, -0.15) is 0 Å². The first-order valence-corrected chi connectivity index (χ1v) is 8.30. The van der Waals surface area contributed by atoms with Crippen LogP contribution in [0.2, 0.25) is 0 Å². The van der Waals surface area contributed by atoms with Crippen LogP contribution in [0, 0.1) is 5.92 Å². The van der Waals surface area contributed by atoms with Gasteiger partial charge in [0.15, 0.2) is 0 Å². The second-order valence-corrected chi connectivity index (χ2v) is 6.51. The van der Waals surface area contributed by atoms with Gasteiger partial charge in [-0.25, -0.2) is 9.97 Å². The van der Waals surface area contributed by atoms with E-state index in [9.17, 15) is 9.59 Å². The highest BCUT2D eigenvalue weighted by Gasteiger charge is 2.25. The molecule has 1 N–H and O–H groups in total. The molecule has 1 aromatic rings. The smallest absolute Gasteiger partial charge is 0.290 e. The molecule has 0 aliphatic carbocycles. The Morgan fingerprint density at radius 3 is 3.09 bits per heavy atom. The van der Waals surface area contributed by atoms with Crippen molar-refractivity contribution in [2.45, 2.75) is 26.2 Å². The summed E-state index contributed by atoms with van der Waals surface area (Å²) in [5.74, 6) is 1.02. The number of carbonyl (C=O) groups is 2. The van der Waals surface area contributed by atoms with Crippen LogP contribution >= 0.6 is 11.8 Å². The fourth-order valence-electron chi connectivity index (χ4n) is 2.73. The maximum Gasteiger partial charge on any atom is 0.290 e. The maximum absolute atomic E-state index is 11.6. The lowest BCUT2D eigenvalue weighted by Crippen LogP contribution is -2.36. The SMILES string of the molecule is CCC1CCCN(c2nccc(/C=C3\SC(=O)NC3=O)n2)C1. The number of hydrogen-bond acceptors (Lipinski definition) is 6. The molecule has 3 rings (SSSR count). The number of piperidine rings is 1. The van der Waals surface area contributed by atoms with Crippen molar-refractivity contribution >= 4 is 34.9 Å². The van der Waals surface area contributed by atoms with Gasteiger partial charge in [-0.3, -0.25) is 14.9 Å². The Balaban J connectivity index is 1.79. The molecule has 2 aliphatic heterocycles. The first-order valence-electron chi connectivity index (χ1n) is 7.48. The number of nitrogens with one attached hydrogen (secondary N) is 1. The van der Waals surface area contributed by atoms with Crippen molar-refractivity contribution in [3.05, 3.63) is 22.9 Å². The van der Waals surface area contributed by atoms with Crippen LogP contribution in [0.1, 0.15) is 31.9 Å². The number of rotatable bonds is 3. The Hall–Kier alpha value is -1.89. The summed E-state index contributed by atoms with van der Waals surface area (Å²) >= 11 is 0.901. The van der Waals surface area contributed by atoms with E-state index in [-0.39, 0.29) is 11.1 Å². The molecule has 116 valence electrons.